The van der Waals surface area contributed by atoms with Gasteiger partial charge in [0.2, 0.25) is 0 Å². The first kappa shape index (κ1) is 12.0. The molecule has 4 nitrogen and oxygen atoms in total. The van der Waals surface area contributed by atoms with Gasteiger partial charge in [0.05, 0.1) is 4.90 Å². The van der Waals surface area contributed by atoms with Crippen LogP contribution in [0.15, 0.2) is 20.7 Å². The summed E-state index contributed by atoms with van der Waals surface area (Å²) in [4.78, 5) is 25.9. The number of rotatable bonds is 3. The molecule has 9 heteroatoms. The zero-order valence-corrected chi connectivity index (χ0v) is 9.49. The molecule has 2 N–H and O–H groups in total. The fourth-order valence-corrected chi connectivity index (χ4v) is 2.46. The molecule has 1 rings (SSSR count). The fourth-order valence-electron chi connectivity index (χ4n) is 0.551. The van der Waals surface area contributed by atoms with Gasteiger partial charge in [0.15, 0.2) is 0 Å². The Kier molecular flexibility index (Phi) is 3.94. The molecular formula is C5H3Cl2FN2O2S2. The molecular weight excluding hydrogens is 274 g/mol. The molecule has 0 amide bonds. The third kappa shape index (κ3) is 3.95. The van der Waals surface area contributed by atoms with Gasteiger partial charge in [-0.15, -0.1) is 0 Å². The van der Waals surface area contributed by atoms with Crippen LogP contribution in [0.1, 0.15) is 0 Å². The highest BCUT2D eigenvalue weighted by atomic mass is 35.5. The number of hydrogen-bond acceptors (Lipinski definition) is 4. The predicted molar refractivity (Wildman–Crippen MR) is 56.7 cm³/mol. The summed E-state index contributed by atoms with van der Waals surface area (Å²) < 4.78 is 10.1. The molecule has 0 radical (unpaired) electrons. The first-order valence-electron chi connectivity index (χ1n) is 3.13. The molecule has 1 heterocycles. The molecule has 0 aliphatic heterocycles. The minimum absolute atomic E-state index is 0.109. The molecule has 0 unspecified atom stereocenters. The van der Waals surface area contributed by atoms with Gasteiger partial charge in [-0.3, -0.25) is 9.78 Å². The van der Waals surface area contributed by atoms with Gasteiger partial charge >= 0.3 is 9.61 Å². The minimum atomic E-state index is -2.48. The average molecular weight is 277 g/mol. The van der Waals surface area contributed by atoms with E-state index in [1.54, 1.807) is 0 Å². The minimum Gasteiger partial charge on any atom is -0.313 e. The Morgan fingerprint density at radius 2 is 2.07 bits per heavy atom. The van der Waals surface area contributed by atoms with Gasteiger partial charge in [-0.1, -0.05) is 23.2 Å². The lowest BCUT2D eigenvalue weighted by Crippen LogP contribution is -2.22. The van der Waals surface area contributed by atoms with Crippen LogP contribution < -0.4 is 11.2 Å². The number of nitrogens with one attached hydrogen (secondary N) is 2. The normalized spacial score (nSPS) is 11.6. The van der Waals surface area contributed by atoms with E-state index in [0.717, 1.165) is 17.0 Å². The molecule has 1 aromatic rings. The summed E-state index contributed by atoms with van der Waals surface area (Å²) in [6, 6.07) is 0. The fraction of sp³-hybridized carbons (Fsp3) is 0.200. The third-order valence-corrected chi connectivity index (χ3v) is 4.26. The van der Waals surface area contributed by atoms with Gasteiger partial charge in [-0.05, 0) is 21.6 Å². The molecule has 78 valence electrons. The molecule has 0 bridgehead atoms. The molecule has 1 aromatic heterocycles. The summed E-state index contributed by atoms with van der Waals surface area (Å²) in [7, 11) is 1.17. The standard InChI is InChI=1S/C5H3Cl2FN2O2S2/c6-5(7,8)14-13-2-1-9-4(12)10-3(2)11/h1H,(H2,9,10,11,12). The number of alkyl halides is 3. The van der Waals surface area contributed by atoms with E-state index >= 15 is 0 Å². The van der Waals surface area contributed by atoms with E-state index in [1.165, 1.54) is 0 Å². The maximum Gasteiger partial charge on any atom is 0.325 e. The van der Waals surface area contributed by atoms with E-state index in [2.05, 4.69) is 4.98 Å². The van der Waals surface area contributed by atoms with Gasteiger partial charge in [0.25, 0.3) is 5.56 Å². The number of aromatic amines is 2. The van der Waals surface area contributed by atoms with Crippen molar-refractivity contribution in [3.8, 4) is 0 Å². The van der Waals surface area contributed by atoms with Crippen LogP contribution in [0.2, 0.25) is 0 Å². The van der Waals surface area contributed by atoms with Crippen molar-refractivity contribution < 1.29 is 4.39 Å². The topological polar surface area (TPSA) is 65.7 Å². The summed E-state index contributed by atoms with van der Waals surface area (Å²) in [5.74, 6) is 0. The van der Waals surface area contributed by atoms with E-state index < -0.39 is 15.2 Å². The van der Waals surface area contributed by atoms with Gasteiger partial charge in [-0.2, -0.15) is 4.39 Å². The van der Waals surface area contributed by atoms with Crippen LogP contribution in [-0.2, 0) is 0 Å². The van der Waals surface area contributed by atoms with Crippen LogP contribution in [0.3, 0.4) is 0 Å². The Balaban J connectivity index is 2.79. The lowest BCUT2D eigenvalue weighted by molar-refractivity contribution is 0.518. The monoisotopic (exact) mass is 276 g/mol. The SMILES string of the molecule is O=c1[nH]cc(SSC(F)(Cl)Cl)c(=O)[nH]1. The Morgan fingerprint density at radius 1 is 1.43 bits per heavy atom. The van der Waals surface area contributed by atoms with Crippen LogP contribution in [-0.4, -0.2) is 13.9 Å². The van der Waals surface area contributed by atoms with E-state index in [-0.39, 0.29) is 4.90 Å². The van der Waals surface area contributed by atoms with Crippen LogP contribution in [0.4, 0.5) is 4.39 Å². The first-order valence-corrected chi connectivity index (χ1v) is 6.03. The molecule has 0 fully saturated rings. The number of hydrogen-bond donors (Lipinski definition) is 2. The molecule has 0 aromatic carbocycles. The van der Waals surface area contributed by atoms with Crippen LogP contribution in [0.25, 0.3) is 0 Å². The van der Waals surface area contributed by atoms with Gasteiger partial charge in [0, 0.05) is 6.20 Å². The van der Waals surface area contributed by atoms with Crippen molar-refractivity contribution in [3.05, 3.63) is 27.0 Å². The molecule has 0 spiro atoms. The van der Waals surface area contributed by atoms with Crippen molar-refractivity contribution in [3.63, 3.8) is 0 Å². The smallest absolute Gasteiger partial charge is 0.313 e. The highest BCUT2D eigenvalue weighted by Gasteiger charge is 2.24. The Hall–Kier alpha value is -0.110. The summed E-state index contributed by atoms with van der Waals surface area (Å²) >= 11 is 10.0. The van der Waals surface area contributed by atoms with Crippen LogP contribution >= 0.6 is 44.8 Å². The number of halogens is 3. The highest BCUT2D eigenvalue weighted by molar-refractivity contribution is 8.77. The van der Waals surface area contributed by atoms with Crippen LogP contribution in [0, 0.1) is 0 Å². The second-order valence-electron chi connectivity index (χ2n) is 2.05. The Bertz CT molecular complexity index is 427. The Morgan fingerprint density at radius 3 is 2.57 bits per heavy atom. The molecule has 14 heavy (non-hydrogen) atoms. The maximum absolute atomic E-state index is 12.6. The molecule has 0 aliphatic carbocycles. The largest absolute Gasteiger partial charge is 0.325 e. The summed E-state index contributed by atoms with van der Waals surface area (Å²) in [6.07, 6.45) is 1.15. The van der Waals surface area contributed by atoms with E-state index in [4.69, 9.17) is 23.2 Å². The van der Waals surface area contributed by atoms with Crippen molar-refractivity contribution in [2.45, 2.75) is 8.81 Å². The summed E-state index contributed by atoms with van der Waals surface area (Å²) in [5, 5.41) is 0. The van der Waals surface area contributed by atoms with Crippen molar-refractivity contribution in [2.75, 3.05) is 0 Å². The molecule has 0 saturated heterocycles. The number of H-pyrrole nitrogens is 2. The molecule has 0 aliphatic rings. The molecule has 0 saturated carbocycles. The Labute approximate surface area is 95.0 Å². The zero-order chi connectivity index (χ0) is 10.8. The van der Waals surface area contributed by atoms with E-state index in [9.17, 15) is 14.0 Å². The number of aromatic nitrogens is 2. The predicted octanol–water partition coefficient (Wildman–Crippen LogP) is 1.86. The van der Waals surface area contributed by atoms with Crippen LogP contribution in [0.5, 0.6) is 0 Å². The highest BCUT2D eigenvalue weighted by Crippen LogP contribution is 2.45. The van der Waals surface area contributed by atoms with E-state index in [1.807, 2.05) is 4.98 Å². The van der Waals surface area contributed by atoms with Gasteiger partial charge < -0.3 is 4.98 Å². The zero-order valence-electron chi connectivity index (χ0n) is 6.34. The third-order valence-electron chi connectivity index (χ3n) is 1.01. The first-order chi connectivity index (χ1) is 6.38. The van der Waals surface area contributed by atoms with Crippen molar-refractivity contribution in [1.82, 2.24) is 9.97 Å². The lowest BCUT2D eigenvalue weighted by Gasteiger charge is -2.05. The van der Waals surface area contributed by atoms with Crippen molar-refractivity contribution in [1.29, 1.82) is 0 Å². The average Bonchev–Trinajstić information content (AvgIpc) is 2.00. The van der Waals surface area contributed by atoms with Crippen molar-refractivity contribution >= 4 is 44.8 Å². The second-order valence-corrected chi connectivity index (χ2v) is 6.07. The maximum atomic E-state index is 12.6. The lowest BCUT2D eigenvalue weighted by atomic mass is 10.7. The van der Waals surface area contributed by atoms with Crippen molar-refractivity contribution in [2.24, 2.45) is 0 Å². The van der Waals surface area contributed by atoms with Gasteiger partial charge in [0.1, 0.15) is 0 Å². The molecule has 0 atom stereocenters. The van der Waals surface area contributed by atoms with Gasteiger partial charge in [-0.25, -0.2) is 4.79 Å². The quantitative estimate of drug-likeness (QED) is 0.653. The van der Waals surface area contributed by atoms with E-state index in [0.29, 0.717) is 10.8 Å². The summed E-state index contributed by atoms with van der Waals surface area (Å²) in [5.41, 5.74) is -1.25. The second kappa shape index (κ2) is 4.61. The summed E-state index contributed by atoms with van der Waals surface area (Å²) in [6.45, 7) is 0.